The molecule has 1 atom stereocenters. The lowest BCUT2D eigenvalue weighted by Crippen LogP contribution is -2.52. The fraction of sp³-hybridized carbons (Fsp3) is 0.222. The number of nitrogens with one attached hydrogen (secondary N) is 2. The first-order chi connectivity index (χ1) is 12.0. The molecule has 0 radical (unpaired) electrons. The number of carbonyl (C=O) groups excluding carboxylic acids is 2. The van der Waals surface area contributed by atoms with Crippen molar-refractivity contribution in [3.8, 4) is 11.5 Å². The zero-order valence-corrected chi connectivity index (χ0v) is 14.2. The molecule has 25 heavy (non-hydrogen) atoms. The number of amides is 2. The van der Waals surface area contributed by atoms with Gasteiger partial charge in [0.2, 0.25) is 5.91 Å². The van der Waals surface area contributed by atoms with Crippen molar-refractivity contribution in [2.75, 3.05) is 19.5 Å². The minimum atomic E-state index is -0.578. The van der Waals surface area contributed by atoms with Crippen LogP contribution < -0.4 is 20.2 Å². The molecule has 7 heteroatoms. The second kappa shape index (κ2) is 6.72. The van der Waals surface area contributed by atoms with Crippen LogP contribution in [-0.2, 0) is 4.79 Å². The van der Waals surface area contributed by atoms with Gasteiger partial charge in [-0.3, -0.25) is 15.0 Å². The summed E-state index contributed by atoms with van der Waals surface area (Å²) < 4.78 is 10.6. The summed E-state index contributed by atoms with van der Waals surface area (Å²) in [6, 6.07) is 12.5. The fourth-order valence-corrected chi connectivity index (χ4v) is 2.79. The molecule has 0 aromatic heterocycles. The van der Waals surface area contributed by atoms with E-state index in [1.54, 1.807) is 38.5 Å². The summed E-state index contributed by atoms with van der Waals surface area (Å²) in [6.07, 6.45) is -0.578. The van der Waals surface area contributed by atoms with Crippen molar-refractivity contribution in [2.45, 2.75) is 13.1 Å². The maximum Gasteiger partial charge on any atom is 0.276 e. The molecule has 2 aromatic rings. The quantitative estimate of drug-likeness (QED) is 0.892. The molecule has 0 spiro atoms. The minimum Gasteiger partial charge on any atom is -0.493 e. The fourth-order valence-electron chi connectivity index (χ4n) is 2.79. The summed E-state index contributed by atoms with van der Waals surface area (Å²) in [5.41, 5.74) is 4.54. The Kier molecular flexibility index (Phi) is 4.47. The summed E-state index contributed by atoms with van der Waals surface area (Å²) >= 11 is 0. The van der Waals surface area contributed by atoms with Crippen molar-refractivity contribution in [3.05, 3.63) is 53.6 Å². The van der Waals surface area contributed by atoms with Crippen LogP contribution >= 0.6 is 0 Å². The highest BCUT2D eigenvalue weighted by Gasteiger charge is 2.34. The minimum absolute atomic E-state index is 0.288. The largest absolute Gasteiger partial charge is 0.493 e. The van der Waals surface area contributed by atoms with Crippen LogP contribution in [0.3, 0.4) is 0 Å². The molecule has 0 saturated heterocycles. The standard InChI is InChI=1S/C18H19N3O4/c1-11(22)20-21-17(12-8-9-15(24-2)16(10-12)25-3)19-14-7-5-4-6-13(14)18(21)23/h4-10,17,19H,1-3H3,(H,20,22)/t17-/m1/s1. The Morgan fingerprint density at radius 3 is 2.52 bits per heavy atom. The number of fused-ring (bicyclic) bond motifs is 1. The summed E-state index contributed by atoms with van der Waals surface area (Å²) in [5.74, 6) is 0.500. The molecular weight excluding hydrogens is 322 g/mol. The van der Waals surface area contributed by atoms with Crippen LogP contribution in [0.5, 0.6) is 11.5 Å². The van der Waals surface area contributed by atoms with E-state index in [0.717, 1.165) is 5.56 Å². The molecule has 0 unspecified atom stereocenters. The summed E-state index contributed by atoms with van der Waals surface area (Å²) in [5, 5.41) is 4.57. The number of ether oxygens (including phenoxy) is 2. The van der Waals surface area contributed by atoms with Crippen LogP contribution in [0.2, 0.25) is 0 Å². The molecule has 1 aliphatic rings. The normalized spacial score (nSPS) is 15.9. The average molecular weight is 341 g/mol. The number of rotatable bonds is 4. The van der Waals surface area contributed by atoms with E-state index in [-0.39, 0.29) is 11.8 Å². The SMILES string of the molecule is COc1ccc([C@@H]2Nc3ccccc3C(=O)N2NC(C)=O)cc1OC. The number of carbonyl (C=O) groups is 2. The lowest BCUT2D eigenvalue weighted by atomic mass is 10.0. The van der Waals surface area contributed by atoms with Gasteiger partial charge in [0.1, 0.15) is 6.17 Å². The van der Waals surface area contributed by atoms with E-state index in [0.29, 0.717) is 22.7 Å². The first kappa shape index (κ1) is 16.6. The van der Waals surface area contributed by atoms with E-state index >= 15 is 0 Å². The topological polar surface area (TPSA) is 79.9 Å². The molecule has 130 valence electrons. The van der Waals surface area contributed by atoms with Crippen LogP contribution in [0.25, 0.3) is 0 Å². The van der Waals surface area contributed by atoms with Gasteiger partial charge >= 0.3 is 0 Å². The summed E-state index contributed by atoms with van der Waals surface area (Å²) in [6.45, 7) is 1.36. The molecule has 1 aliphatic heterocycles. The lowest BCUT2D eigenvalue weighted by molar-refractivity contribution is -0.123. The van der Waals surface area contributed by atoms with Gasteiger partial charge in [0.25, 0.3) is 5.91 Å². The predicted molar refractivity (Wildman–Crippen MR) is 92.3 cm³/mol. The zero-order valence-electron chi connectivity index (χ0n) is 14.2. The molecule has 0 fully saturated rings. The van der Waals surface area contributed by atoms with E-state index < -0.39 is 6.17 Å². The molecule has 0 bridgehead atoms. The maximum atomic E-state index is 12.8. The van der Waals surface area contributed by atoms with E-state index in [4.69, 9.17) is 9.47 Å². The number of hydrazine groups is 1. The van der Waals surface area contributed by atoms with Crippen LogP contribution in [0, 0.1) is 0 Å². The number of nitrogens with zero attached hydrogens (tertiary/aromatic N) is 1. The van der Waals surface area contributed by atoms with E-state index in [1.165, 1.54) is 11.9 Å². The van der Waals surface area contributed by atoms with Crippen LogP contribution in [0.15, 0.2) is 42.5 Å². The third-order valence-corrected chi connectivity index (χ3v) is 3.93. The maximum absolute atomic E-state index is 12.8. The molecule has 0 aliphatic carbocycles. The number of para-hydroxylation sites is 1. The van der Waals surface area contributed by atoms with Crippen molar-refractivity contribution in [2.24, 2.45) is 0 Å². The van der Waals surface area contributed by atoms with Gasteiger partial charge in [-0.15, -0.1) is 0 Å². The molecule has 2 N–H and O–H groups in total. The molecule has 7 nitrogen and oxygen atoms in total. The smallest absolute Gasteiger partial charge is 0.276 e. The first-order valence-corrected chi connectivity index (χ1v) is 7.73. The Balaban J connectivity index is 2.06. The van der Waals surface area contributed by atoms with Gasteiger partial charge in [-0.05, 0) is 24.3 Å². The Morgan fingerprint density at radius 1 is 1.12 bits per heavy atom. The van der Waals surface area contributed by atoms with Gasteiger partial charge in [-0.25, -0.2) is 5.01 Å². The number of methoxy groups -OCH3 is 2. The summed E-state index contributed by atoms with van der Waals surface area (Å²) in [7, 11) is 3.10. The second-order valence-electron chi connectivity index (χ2n) is 5.55. The average Bonchev–Trinajstić information content (AvgIpc) is 2.63. The van der Waals surface area contributed by atoms with Crippen molar-refractivity contribution < 1.29 is 19.1 Å². The molecule has 2 aromatic carbocycles. The first-order valence-electron chi connectivity index (χ1n) is 7.73. The van der Waals surface area contributed by atoms with Gasteiger partial charge in [0, 0.05) is 18.2 Å². The van der Waals surface area contributed by atoms with Gasteiger partial charge in [0.15, 0.2) is 11.5 Å². The lowest BCUT2D eigenvalue weighted by Gasteiger charge is -2.37. The Hall–Kier alpha value is -3.22. The van der Waals surface area contributed by atoms with E-state index in [2.05, 4.69) is 10.7 Å². The van der Waals surface area contributed by atoms with Crippen molar-refractivity contribution >= 4 is 17.5 Å². The van der Waals surface area contributed by atoms with Crippen LogP contribution in [0.1, 0.15) is 29.0 Å². The van der Waals surface area contributed by atoms with E-state index in [9.17, 15) is 9.59 Å². The summed E-state index contributed by atoms with van der Waals surface area (Å²) in [4.78, 5) is 24.4. The number of benzene rings is 2. The molecule has 0 saturated carbocycles. The Morgan fingerprint density at radius 2 is 1.84 bits per heavy atom. The molecule has 2 amide bonds. The number of hydrogen-bond acceptors (Lipinski definition) is 5. The van der Waals surface area contributed by atoms with Crippen LogP contribution in [0.4, 0.5) is 5.69 Å². The van der Waals surface area contributed by atoms with Gasteiger partial charge in [-0.1, -0.05) is 18.2 Å². The van der Waals surface area contributed by atoms with E-state index in [1.807, 2.05) is 18.2 Å². The third-order valence-electron chi connectivity index (χ3n) is 3.93. The molecule has 3 rings (SSSR count). The van der Waals surface area contributed by atoms with Crippen molar-refractivity contribution in [1.82, 2.24) is 10.4 Å². The number of anilines is 1. The van der Waals surface area contributed by atoms with Crippen molar-refractivity contribution in [3.63, 3.8) is 0 Å². The highest BCUT2D eigenvalue weighted by Crippen LogP contribution is 2.35. The highest BCUT2D eigenvalue weighted by molar-refractivity contribution is 6.02. The van der Waals surface area contributed by atoms with Crippen LogP contribution in [-0.4, -0.2) is 31.0 Å². The monoisotopic (exact) mass is 341 g/mol. The third kappa shape index (κ3) is 3.08. The van der Waals surface area contributed by atoms with Crippen molar-refractivity contribution in [1.29, 1.82) is 0 Å². The van der Waals surface area contributed by atoms with Gasteiger partial charge in [0.05, 0.1) is 19.8 Å². The van der Waals surface area contributed by atoms with Gasteiger partial charge < -0.3 is 14.8 Å². The molecular formula is C18H19N3O4. The van der Waals surface area contributed by atoms with Gasteiger partial charge in [-0.2, -0.15) is 0 Å². The highest BCUT2D eigenvalue weighted by atomic mass is 16.5. The number of hydrogen-bond donors (Lipinski definition) is 2. The Labute approximate surface area is 145 Å². The zero-order chi connectivity index (χ0) is 18.0. The molecule has 1 heterocycles. The second-order valence-corrected chi connectivity index (χ2v) is 5.55. The predicted octanol–water partition coefficient (Wildman–Crippen LogP) is 2.32. The Bertz CT molecular complexity index is 822.